The van der Waals surface area contributed by atoms with Gasteiger partial charge < -0.3 is 4.57 Å². The fraction of sp³-hybridized carbons (Fsp3) is 0.0625. The van der Waals surface area contributed by atoms with Crippen molar-refractivity contribution in [2.75, 3.05) is 0 Å². The van der Waals surface area contributed by atoms with Crippen LogP contribution in [0.2, 0.25) is 0 Å². The first-order chi connectivity index (χ1) is 10.3. The molecule has 2 aromatic carbocycles. The minimum atomic E-state index is -0.0375. The zero-order chi connectivity index (χ0) is 14.4. The second-order valence-corrected chi connectivity index (χ2v) is 4.92. The molecule has 4 rings (SSSR count). The van der Waals surface area contributed by atoms with E-state index in [4.69, 9.17) is 4.63 Å². The van der Waals surface area contributed by atoms with Gasteiger partial charge in [-0.25, -0.2) is 4.63 Å². The quantitative estimate of drug-likeness (QED) is 0.536. The molecule has 0 saturated carbocycles. The van der Waals surface area contributed by atoms with Crippen LogP contribution in [0.4, 0.5) is 0 Å². The van der Waals surface area contributed by atoms with Gasteiger partial charge in [0.1, 0.15) is 11.0 Å². The number of nitrogens with zero attached hydrogens (tertiary/aromatic N) is 3. The SMILES string of the molecule is Cn1c(=O)c(-c2ccccc2)cc2c3nonc3ccc21. The molecular formula is C16H11N3O2. The molecule has 2 aromatic heterocycles. The molecular weight excluding hydrogens is 266 g/mol. The number of hydrogen-bond acceptors (Lipinski definition) is 4. The summed E-state index contributed by atoms with van der Waals surface area (Å²) in [5.74, 6) is 0. The first-order valence-electron chi connectivity index (χ1n) is 6.56. The Bertz CT molecular complexity index is 1020. The van der Waals surface area contributed by atoms with Crippen LogP contribution < -0.4 is 5.56 Å². The zero-order valence-corrected chi connectivity index (χ0v) is 11.3. The van der Waals surface area contributed by atoms with Gasteiger partial charge in [0.25, 0.3) is 5.56 Å². The van der Waals surface area contributed by atoms with Crippen LogP contribution in [0, 0.1) is 0 Å². The highest BCUT2D eigenvalue weighted by Crippen LogP contribution is 2.25. The molecule has 2 heterocycles. The van der Waals surface area contributed by atoms with Crippen LogP contribution in [0.25, 0.3) is 33.1 Å². The van der Waals surface area contributed by atoms with E-state index >= 15 is 0 Å². The molecule has 0 bridgehead atoms. The minimum absolute atomic E-state index is 0.0375. The number of hydrogen-bond donors (Lipinski definition) is 0. The molecule has 0 aliphatic heterocycles. The Kier molecular flexibility index (Phi) is 2.41. The first-order valence-corrected chi connectivity index (χ1v) is 6.56. The molecule has 5 nitrogen and oxygen atoms in total. The summed E-state index contributed by atoms with van der Waals surface area (Å²) in [5.41, 5.74) is 3.64. The van der Waals surface area contributed by atoms with E-state index in [2.05, 4.69) is 10.3 Å². The normalized spacial score (nSPS) is 11.3. The number of pyridine rings is 1. The molecule has 0 radical (unpaired) electrons. The van der Waals surface area contributed by atoms with Gasteiger partial charge in [0, 0.05) is 18.0 Å². The smallest absolute Gasteiger partial charge is 0.258 e. The van der Waals surface area contributed by atoms with Crippen LogP contribution in [0.15, 0.2) is 58.0 Å². The van der Waals surface area contributed by atoms with Crippen LogP contribution in [0.5, 0.6) is 0 Å². The van der Waals surface area contributed by atoms with E-state index < -0.39 is 0 Å². The van der Waals surface area contributed by atoms with Crippen molar-refractivity contribution in [3.05, 3.63) is 58.9 Å². The number of fused-ring (bicyclic) bond motifs is 3. The van der Waals surface area contributed by atoms with Crippen LogP contribution in [-0.2, 0) is 7.05 Å². The molecule has 0 atom stereocenters. The molecule has 0 N–H and O–H groups in total. The average molecular weight is 277 g/mol. The van der Waals surface area contributed by atoms with Gasteiger partial charge in [-0.15, -0.1) is 0 Å². The highest BCUT2D eigenvalue weighted by molar-refractivity contribution is 6.03. The van der Waals surface area contributed by atoms with Gasteiger partial charge in [0.05, 0.1) is 5.52 Å². The Labute approximate surface area is 119 Å². The van der Waals surface area contributed by atoms with Crippen LogP contribution in [0.3, 0.4) is 0 Å². The Balaban J connectivity index is 2.18. The van der Waals surface area contributed by atoms with Crippen molar-refractivity contribution in [2.24, 2.45) is 7.05 Å². The van der Waals surface area contributed by atoms with E-state index in [1.54, 1.807) is 17.7 Å². The van der Waals surface area contributed by atoms with Gasteiger partial charge in [0.2, 0.25) is 0 Å². The van der Waals surface area contributed by atoms with Crippen molar-refractivity contribution in [3.63, 3.8) is 0 Å². The van der Waals surface area contributed by atoms with E-state index in [0.717, 1.165) is 16.5 Å². The van der Waals surface area contributed by atoms with Gasteiger partial charge in [-0.05, 0) is 34.1 Å². The molecule has 0 spiro atoms. The lowest BCUT2D eigenvalue weighted by molar-refractivity contribution is 0.316. The lowest BCUT2D eigenvalue weighted by atomic mass is 10.0. The third-order valence-electron chi connectivity index (χ3n) is 3.71. The maximum absolute atomic E-state index is 12.6. The summed E-state index contributed by atoms with van der Waals surface area (Å²) in [7, 11) is 1.76. The summed E-state index contributed by atoms with van der Waals surface area (Å²) in [6.45, 7) is 0. The molecule has 0 fully saturated rings. The van der Waals surface area contributed by atoms with E-state index in [9.17, 15) is 4.79 Å². The summed E-state index contributed by atoms with van der Waals surface area (Å²) in [5, 5.41) is 8.66. The van der Waals surface area contributed by atoms with Crippen LogP contribution in [-0.4, -0.2) is 14.9 Å². The summed E-state index contributed by atoms with van der Waals surface area (Å²) >= 11 is 0. The Morgan fingerprint density at radius 1 is 1.05 bits per heavy atom. The Morgan fingerprint density at radius 3 is 2.67 bits per heavy atom. The minimum Gasteiger partial charge on any atom is -0.311 e. The monoisotopic (exact) mass is 277 g/mol. The highest BCUT2D eigenvalue weighted by atomic mass is 16.6. The average Bonchev–Trinajstić information content (AvgIpc) is 3.00. The standard InChI is InChI=1S/C16H11N3O2/c1-19-14-8-7-13-15(18-21-17-13)12(14)9-11(16(19)20)10-5-3-2-4-6-10/h2-9H,1H3. The molecule has 0 unspecified atom stereocenters. The fourth-order valence-corrected chi connectivity index (χ4v) is 2.62. The third kappa shape index (κ3) is 1.67. The number of aromatic nitrogens is 3. The van der Waals surface area contributed by atoms with Gasteiger partial charge in [0.15, 0.2) is 0 Å². The van der Waals surface area contributed by atoms with Crippen molar-refractivity contribution in [2.45, 2.75) is 0 Å². The summed E-state index contributed by atoms with van der Waals surface area (Å²) in [6, 6.07) is 15.1. The van der Waals surface area contributed by atoms with E-state index in [1.807, 2.05) is 42.5 Å². The molecule has 4 aromatic rings. The molecule has 0 aliphatic carbocycles. The third-order valence-corrected chi connectivity index (χ3v) is 3.71. The van der Waals surface area contributed by atoms with Crippen LogP contribution in [0.1, 0.15) is 0 Å². The largest absolute Gasteiger partial charge is 0.311 e. The Morgan fingerprint density at radius 2 is 1.86 bits per heavy atom. The van der Waals surface area contributed by atoms with Crippen molar-refractivity contribution < 1.29 is 4.63 Å². The first kappa shape index (κ1) is 11.8. The molecule has 0 aliphatic rings. The van der Waals surface area contributed by atoms with Gasteiger partial charge in [-0.2, -0.15) is 0 Å². The summed E-state index contributed by atoms with van der Waals surface area (Å²) in [4.78, 5) is 12.6. The maximum Gasteiger partial charge on any atom is 0.258 e. The number of benzene rings is 2. The molecule has 102 valence electrons. The van der Waals surface area contributed by atoms with Crippen molar-refractivity contribution in [1.29, 1.82) is 0 Å². The predicted molar refractivity (Wildman–Crippen MR) is 80.0 cm³/mol. The fourth-order valence-electron chi connectivity index (χ4n) is 2.62. The van der Waals surface area contributed by atoms with Crippen molar-refractivity contribution >= 4 is 21.9 Å². The topological polar surface area (TPSA) is 60.9 Å². The van der Waals surface area contributed by atoms with Gasteiger partial charge in [-0.1, -0.05) is 30.3 Å². The molecule has 21 heavy (non-hydrogen) atoms. The van der Waals surface area contributed by atoms with E-state index in [1.165, 1.54) is 0 Å². The predicted octanol–water partition coefficient (Wildman–Crippen LogP) is 2.74. The van der Waals surface area contributed by atoms with Gasteiger partial charge in [-0.3, -0.25) is 4.79 Å². The molecule has 5 heteroatoms. The zero-order valence-electron chi connectivity index (χ0n) is 11.3. The summed E-state index contributed by atoms with van der Waals surface area (Å²) in [6.07, 6.45) is 0. The molecule has 0 amide bonds. The number of rotatable bonds is 1. The van der Waals surface area contributed by atoms with E-state index in [0.29, 0.717) is 16.6 Å². The highest BCUT2D eigenvalue weighted by Gasteiger charge is 2.13. The lowest BCUT2D eigenvalue weighted by Crippen LogP contribution is -2.18. The van der Waals surface area contributed by atoms with E-state index in [-0.39, 0.29) is 5.56 Å². The maximum atomic E-state index is 12.6. The molecule has 0 saturated heterocycles. The lowest BCUT2D eigenvalue weighted by Gasteiger charge is -2.08. The van der Waals surface area contributed by atoms with Crippen molar-refractivity contribution in [1.82, 2.24) is 14.9 Å². The van der Waals surface area contributed by atoms with Gasteiger partial charge >= 0.3 is 0 Å². The Hall–Kier alpha value is -2.95. The second-order valence-electron chi connectivity index (χ2n) is 4.92. The number of aryl methyl sites for hydroxylation is 1. The summed E-state index contributed by atoms with van der Waals surface area (Å²) < 4.78 is 6.43. The van der Waals surface area contributed by atoms with Crippen molar-refractivity contribution in [3.8, 4) is 11.1 Å². The second kappa shape index (κ2) is 4.28. The van der Waals surface area contributed by atoms with Crippen LogP contribution >= 0.6 is 0 Å².